The van der Waals surface area contributed by atoms with E-state index in [0.29, 0.717) is 11.3 Å². The van der Waals surface area contributed by atoms with Gasteiger partial charge in [-0.15, -0.1) is 11.3 Å². The van der Waals surface area contributed by atoms with Crippen LogP contribution in [-0.2, 0) is 16.0 Å². The van der Waals surface area contributed by atoms with E-state index in [0.717, 1.165) is 27.8 Å². The molecule has 0 radical (unpaired) electrons. The van der Waals surface area contributed by atoms with Crippen molar-refractivity contribution in [3.8, 4) is 16.4 Å². The minimum absolute atomic E-state index is 0.00396. The fourth-order valence-electron chi connectivity index (χ4n) is 3.64. The number of rotatable bonds is 7. The third-order valence-corrected chi connectivity index (χ3v) is 6.06. The molecule has 7 heteroatoms. The Balaban J connectivity index is 1.43. The van der Waals surface area contributed by atoms with E-state index in [1.807, 2.05) is 78.4 Å². The molecule has 3 aromatic heterocycles. The molecule has 1 atom stereocenters. The lowest BCUT2D eigenvalue weighted by Gasteiger charge is -2.13. The van der Waals surface area contributed by atoms with E-state index < -0.39 is 12.1 Å². The summed E-state index contributed by atoms with van der Waals surface area (Å²) in [5.41, 5.74) is 4.66. The maximum absolute atomic E-state index is 13.0. The number of ether oxygens (including phenoxy) is 1. The first-order valence-electron chi connectivity index (χ1n) is 10.3. The van der Waals surface area contributed by atoms with Gasteiger partial charge in [-0.3, -0.25) is 14.6 Å². The molecule has 0 aliphatic carbocycles. The maximum Gasteiger partial charge on any atom is 0.312 e. The molecule has 0 saturated heterocycles. The number of benzene rings is 1. The first-order chi connectivity index (χ1) is 15.4. The highest BCUT2D eigenvalue weighted by Crippen LogP contribution is 2.24. The molecule has 1 aromatic carbocycles. The molecule has 0 aliphatic heterocycles. The average molecular weight is 446 g/mol. The molecular weight excluding hydrogens is 422 g/mol. The van der Waals surface area contributed by atoms with E-state index in [-0.39, 0.29) is 12.2 Å². The zero-order chi connectivity index (χ0) is 22.7. The van der Waals surface area contributed by atoms with E-state index in [2.05, 4.69) is 9.97 Å². The van der Waals surface area contributed by atoms with Crippen LogP contribution in [0, 0.1) is 13.8 Å². The monoisotopic (exact) mass is 445 g/mol. The van der Waals surface area contributed by atoms with E-state index >= 15 is 0 Å². The minimum atomic E-state index is -0.888. The van der Waals surface area contributed by atoms with Gasteiger partial charge in [-0.25, -0.2) is 4.98 Å². The molecule has 0 unspecified atom stereocenters. The maximum atomic E-state index is 13.0. The zero-order valence-electron chi connectivity index (χ0n) is 18.1. The number of hydrogen-bond donors (Lipinski definition) is 0. The predicted molar refractivity (Wildman–Crippen MR) is 124 cm³/mol. The summed E-state index contributed by atoms with van der Waals surface area (Å²) in [6, 6.07) is 17.3. The highest BCUT2D eigenvalue weighted by molar-refractivity contribution is 7.13. The first kappa shape index (κ1) is 21.6. The Morgan fingerprint density at radius 3 is 2.56 bits per heavy atom. The zero-order valence-corrected chi connectivity index (χ0v) is 18.9. The molecule has 6 nitrogen and oxygen atoms in total. The van der Waals surface area contributed by atoms with Crippen molar-refractivity contribution in [1.29, 1.82) is 0 Å². The van der Waals surface area contributed by atoms with Crippen LogP contribution in [0.1, 0.15) is 34.4 Å². The number of para-hydroxylation sites is 1. The fourth-order valence-corrected chi connectivity index (χ4v) is 4.44. The molecule has 32 heavy (non-hydrogen) atoms. The molecular formula is C25H23N3O3S. The number of aryl methyl sites for hydroxylation is 1. The Hall–Kier alpha value is -3.58. The van der Waals surface area contributed by atoms with Crippen LogP contribution in [0.3, 0.4) is 0 Å². The third-order valence-electron chi connectivity index (χ3n) is 5.15. The molecule has 0 fully saturated rings. The SMILES string of the molecule is Cc1cc(C(=O)[C@H](C)OC(=O)Cc2csc(-c3ccccn3)n2)c(C)n1-c1ccccc1. The van der Waals surface area contributed by atoms with E-state index in [4.69, 9.17) is 4.74 Å². The van der Waals surface area contributed by atoms with Crippen LogP contribution >= 0.6 is 11.3 Å². The van der Waals surface area contributed by atoms with Crippen molar-refractivity contribution >= 4 is 23.1 Å². The number of Topliss-reactive ketones (excluding diaryl/α,β-unsaturated/α-hetero) is 1. The van der Waals surface area contributed by atoms with Crippen LogP contribution in [0.25, 0.3) is 16.4 Å². The van der Waals surface area contributed by atoms with Gasteiger partial charge in [-0.05, 0) is 51.1 Å². The van der Waals surface area contributed by atoms with Crippen LogP contribution in [0.15, 0.2) is 66.2 Å². The average Bonchev–Trinajstić information content (AvgIpc) is 3.38. The molecule has 0 N–H and O–H groups in total. The van der Waals surface area contributed by atoms with Gasteiger partial charge in [0.25, 0.3) is 0 Å². The number of pyridine rings is 1. The molecule has 0 amide bonds. The van der Waals surface area contributed by atoms with Crippen molar-refractivity contribution in [1.82, 2.24) is 14.5 Å². The molecule has 0 aliphatic rings. The van der Waals surface area contributed by atoms with Gasteiger partial charge in [0.2, 0.25) is 5.78 Å². The van der Waals surface area contributed by atoms with Crippen LogP contribution in [-0.4, -0.2) is 32.4 Å². The summed E-state index contributed by atoms with van der Waals surface area (Å²) in [5.74, 6) is -0.707. The lowest BCUT2D eigenvalue weighted by Crippen LogP contribution is -2.25. The van der Waals surface area contributed by atoms with Crippen LogP contribution in [0.4, 0.5) is 0 Å². The Kier molecular flexibility index (Phi) is 6.28. The number of esters is 1. The smallest absolute Gasteiger partial charge is 0.312 e. The fraction of sp³-hybridized carbons (Fsp3) is 0.200. The number of nitrogens with zero attached hydrogens (tertiary/aromatic N) is 3. The summed E-state index contributed by atoms with van der Waals surface area (Å²) < 4.78 is 7.47. The summed E-state index contributed by atoms with van der Waals surface area (Å²) in [4.78, 5) is 34.2. The standard InChI is InChI=1S/C25H23N3O3S/c1-16-13-21(17(2)28(16)20-9-5-4-6-10-20)24(30)18(3)31-23(29)14-19-15-32-25(27-19)22-11-7-8-12-26-22/h4-13,15,18H,14H2,1-3H3/t18-/m0/s1. The molecule has 162 valence electrons. The second kappa shape index (κ2) is 9.28. The summed E-state index contributed by atoms with van der Waals surface area (Å²) in [6.45, 7) is 5.46. The van der Waals surface area contributed by atoms with Crippen molar-refractivity contribution < 1.29 is 14.3 Å². The highest BCUT2D eigenvalue weighted by Gasteiger charge is 2.24. The molecule has 3 heterocycles. The molecule has 4 aromatic rings. The van der Waals surface area contributed by atoms with Gasteiger partial charge in [0.15, 0.2) is 6.10 Å². The number of thiazole rings is 1. The van der Waals surface area contributed by atoms with E-state index in [1.165, 1.54) is 11.3 Å². The first-order valence-corrected chi connectivity index (χ1v) is 11.2. The molecule has 0 saturated carbocycles. The summed E-state index contributed by atoms with van der Waals surface area (Å²) in [6.07, 6.45) is 0.817. The largest absolute Gasteiger partial charge is 0.454 e. The van der Waals surface area contributed by atoms with Crippen molar-refractivity contribution in [2.45, 2.75) is 33.3 Å². The van der Waals surface area contributed by atoms with Crippen molar-refractivity contribution in [3.63, 3.8) is 0 Å². The second-order valence-corrected chi connectivity index (χ2v) is 8.35. The Morgan fingerprint density at radius 1 is 1.09 bits per heavy atom. The van der Waals surface area contributed by atoms with Crippen molar-refractivity contribution in [3.05, 3.63) is 88.8 Å². The number of aromatic nitrogens is 3. The van der Waals surface area contributed by atoms with Crippen LogP contribution in [0.2, 0.25) is 0 Å². The topological polar surface area (TPSA) is 74.1 Å². The van der Waals surface area contributed by atoms with Crippen molar-refractivity contribution in [2.24, 2.45) is 0 Å². The van der Waals surface area contributed by atoms with Gasteiger partial charge >= 0.3 is 5.97 Å². The Bertz CT molecular complexity index is 1250. The normalized spacial score (nSPS) is 11.8. The van der Waals surface area contributed by atoms with Gasteiger partial charge in [-0.2, -0.15) is 0 Å². The number of ketones is 1. The number of carbonyl (C=O) groups is 2. The third kappa shape index (κ3) is 4.53. The van der Waals surface area contributed by atoms with Gasteiger partial charge in [-0.1, -0.05) is 24.3 Å². The molecule has 0 spiro atoms. The molecule has 4 rings (SSSR count). The number of carbonyl (C=O) groups excluding carboxylic acids is 2. The lowest BCUT2D eigenvalue weighted by molar-refractivity contribution is -0.145. The summed E-state index contributed by atoms with van der Waals surface area (Å²) >= 11 is 1.42. The highest BCUT2D eigenvalue weighted by atomic mass is 32.1. The Morgan fingerprint density at radius 2 is 1.84 bits per heavy atom. The van der Waals surface area contributed by atoms with Crippen LogP contribution in [0.5, 0.6) is 0 Å². The van der Waals surface area contributed by atoms with Gasteiger partial charge in [0.1, 0.15) is 5.01 Å². The summed E-state index contributed by atoms with van der Waals surface area (Å²) in [7, 11) is 0. The number of hydrogen-bond acceptors (Lipinski definition) is 6. The predicted octanol–water partition coefficient (Wildman–Crippen LogP) is 4.97. The van der Waals surface area contributed by atoms with E-state index in [1.54, 1.807) is 13.1 Å². The van der Waals surface area contributed by atoms with Gasteiger partial charge < -0.3 is 9.30 Å². The second-order valence-electron chi connectivity index (χ2n) is 7.49. The van der Waals surface area contributed by atoms with Crippen LogP contribution < -0.4 is 0 Å². The van der Waals surface area contributed by atoms with Gasteiger partial charge in [0.05, 0.1) is 17.8 Å². The van der Waals surface area contributed by atoms with Crippen molar-refractivity contribution in [2.75, 3.05) is 0 Å². The Labute approximate surface area is 190 Å². The summed E-state index contributed by atoms with van der Waals surface area (Å²) in [5, 5.41) is 2.55. The molecule has 0 bridgehead atoms. The van der Waals surface area contributed by atoms with Gasteiger partial charge in [0, 0.05) is 34.2 Å². The van der Waals surface area contributed by atoms with E-state index in [9.17, 15) is 9.59 Å². The minimum Gasteiger partial charge on any atom is -0.454 e. The lowest BCUT2D eigenvalue weighted by atomic mass is 10.1. The quantitative estimate of drug-likeness (QED) is 0.297.